The van der Waals surface area contributed by atoms with Gasteiger partial charge in [-0.2, -0.15) is 0 Å². The summed E-state index contributed by atoms with van der Waals surface area (Å²) in [6, 6.07) is 0. The molecule has 0 amide bonds. The van der Waals surface area contributed by atoms with Crippen LogP contribution in [0.15, 0.2) is 0 Å². The molecule has 0 N–H and O–H groups in total. The van der Waals surface area contributed by atoms with Crippen LogP contribution in [0.3, 0.4) is 0 Å². The van der Waals surface area contributed by atoms with E-state index in [0.717, 1.165) is 13.0 Å². The van der Waals surface area contributed by atoms with Crippen LogP contribution >= 0.6 is 0 Å². The lowest BCUT2D eigenvalue weighted by Crippen LogP contribution is -2.18. The zero-order valence-electron chi connectivity index (χ0n) is 7.09. The molecule has 0 aliphatic carbocycles. The van der Waals surface area contributed by atoms with Gasteiger partial charge in [0.05, 0.1) is 13.2 Å². The van der Waals surface area contributed by atoms with Crippen LogP contribution in [0.4, 0.5) is 0 Å². The normalized spacial score (nSPS) is 10.8. The van der Waals surface area contributed by atoms with Crippen molar-refractivity contribution in [3.05, 3.63) is 0 Å². The molecule has 0 spiro atoms. The van der Waals surface area contributed by atoms with Gasteiger partial charge in [0.25, 0.3) is 0 Å². The van der Waals surface area contributed by atoms with E-state index in [0.29, 0.717) is 13.2 Å². The van der Waals surface area contributed by atoms with Crippen molar-refractivity contribution in [3.63, 3.8) is 0 Å². The molecule has 0 unspecified atom stereocenters. The summed E-state index contributed by atoms with van der Waals surface area (Å²) in [4.78, 5) is 11.7. The van der Waals surface area contributed by atoms with E-state index in [2.05, 4.69) is 11.8 Å². The van der Waals surface area contributed by atoms with E-state index in [4.69, 9.17) is 9.78 Å². The summed E-state index contributed by atoms with van der Waals surface area (Å²) in [5.74, 6) is 0. The molecule has 0 radical (unpaired) electrons. The Labute approximate surface area is 62.8 Å². The minimum absolute atomic E-state index is 0.646. The second kappa shape index (κ2) is 6.99. The molecule has 3 nitrogen and oxygen atoms in total. The summed E-state index contributed by atoms with van der Waals surface area (Å²) in [7, 11) is 4.01. The van der Waals surface area contributed by atoms with Crippen molar-refractivity contribution in [2.24, 2.45) is 0 Å². The molecule has 0 aromatic carbocycles. The van der Waals surface area contributed by atoms with E-state index in [-0.39, 0.29) is 0 Å². The predicted octanol–water partition coefficient (Wildman–Crippen LogP) is 0.906. The van der Waals surface area contributed by atoms with Crippen LogP contribution in [-0.4, -0.2) is 38.8 Å². The second-order valence-electron chi connectivity index (χ2n) is 2.45. The highest BCUT2D eigenvalue weighted by Crippen LogP contribution is 1.83. The van der Waals surface area contributed by atoms with Crippen LogP contribution in [0.1, 0.15) is 13.3 Å². The maximum Gasteiger partial charge on any atom is 0.0949 e. The molecule has 0 atom stereocenters. The highest BCUT2D eigenvalue weighted by Gasteiger charge is 1.89. The highest BCUT2D eigenvalue weighted by atomic mass is 17.2. The quantitative estimate of drug-likeness (QED) is 0.316. The van der Waals surface area contributed by atoms with Gasteiger partial charge in [0.2, 0.25) is 0 Å². The van der Waals surface area contributed by atoms with Crippen molar-refractivity contribution in [2.75, 3.05) is 33.9 Å². The van der Waals surface area contributed by atoms with Crippen LogP contribution in [0.2, 0.25) is 0 Å². The molecule has 0 fully saturated rings. The zero-order chi connectivity index (χ0) is 7.82. The van der Waals surface area contributed by atoms with Crippen molar-refractivity contribution < 1.29 is 9.78 Å². The van der Waals surface area contributed by atoms with Gasteiger partial charge in [0.15, 0.2) is 0 Å². The number of hydrogen-bond donors (Lipinski definition) is 0. The monoisotopic (exact) mass is 147 g/mol. The Kier molecular flexibility index (Phi) is 6.91. The van der Waals surface area contributed by atoms with E-state index >= 15 is 0 Å². The van der Waals surface area contributed by atoms with Gasteiger partial charge < -0.3 is 4.90 Å². The Morgan fingerprint density at radius 3 is 2.20 bits per heavy atom. The summed E-state index contributed by atoms with van der Waals surface area (Å²) in [5, 5.41) is 0. The first-order chi connectivity index (χ1) is 4.77. The molecule has 0 aromatic rings. The van der Waals surface area contributed by atoms with Crippen LogP contribution in [0, 0.1) is 0 Å². The molecule has 10 heavy (non-hydrogen) atoms. The molecule has 62 valence electrons. The van der Waals surface area contributed by atoms with Gasteiger partial charge in [-0.15, -0.1) is 0 Å². The first kappa shape index (κ1) is 9.88. The van der Waals surface area contributed by atoms with E-state index in [9.17, 15) is 0 Å². The van der Waals surface area contributed by atoms with Crippen molar-refractivity contribution in [1.82, 2.24) is 4.90 Å². The largest absolute Gasteiger partial charge is 0.307 e. The average Bonchev–Trinajstić information content (AvgIpc) is 1.87. The Balaban J connectivity index is 2.77. The third-order valence-corrected chi connectivity index (χ3v) is 0.993. The fourth-order valence-electron chi connectivity index (χ4n) is 0.421. The summed E-state index contributed by atoms with van der Waals surface area (Å²) < 4.78 is 0. The summed E-state index contributed by atoms with van der Waals surface area (Å²) in [5.41, 5.74) is 0. The maximum absolute atomic E-state index is 4.84. The van der Waals surface area contributed by atoms with Gasteiger partial charge in [-0.05, 0) is 20.5 Å². The van der Waals surface area contributed by atoms with E-state index in [1.165, 1.54) is 0 Å². The Morgan fingerprint density at radius 2 is 1.70 bits per heavy atom. The van der Waals surface area contributed by atoms with E-state index < -0.39 is 0 Å². The summed E-state index contributed by atoms with van der Waals surface area (Å²) in [6.07, 6.45) is 1.00. The third-order valence-electron chi connectivity index (χ3n) is 0.993. The summed E-state index contributed by atoms with van der Waals surface area (Å²) >= 11 is 0. The molecule has 0 aliphatic rings. The average molecular weight is 147 g/mol. The molecule has 0 aliphatic heterocycles. The van der Waals surface area contributed by atoms with Crippen LogP contribution < -0.4 is 0 Å². The molecule has 0 aromatic heterocycles. The molecule has 3 heteroatoms. The van der Waals surface area contributed by atoms with Gasteiger partial charge in [-0.1, -0.05) is 6.92 Å². The van der Waals surface area contributed by atoms with Gasteiger partial charge in [0, 0.05) is 6.54 Å². The van der Waals surface area contributed by atoms with Crippen molar-refractivity contribution in [1.29, 1.82) is 0 Å². The second-order valence-corrected chi connectivity index (χ2v) is 2.45. The molecule has 0 rings (SSSR count). The lowest BCUT2D eigenvalue weighted by Gasteiger charge is -2.08. The number of hydrogen-bond acceptors (Lipinski definition) is 3. The lowest BCUT2D eigenvalue weighted by atomic mass is 10.5. The third kappa shape index (κ3) is 7.88. The Bertz CT molecular complexity index is 66.6. The van der Waals surface area contributed by atoms with E-state index in [1.54, 1.807) is 0 Å². The van der Waals surface area contributed by atoms with Crippen LogP contribution in [-0.2, 0) is 9.78 Å². The first-order valence-corrected chi connectivity index (χ1v) is 3.66. The number of rotatable bonds is 6. The summed E-state index contributed by atoms with van der Waals surface area (Å²) in [6.45, 7) is 4.29. The minimum Gasteiger partial charge on any atom is -0.307 e. The topological polar surface area (TPSA) is 21.7 Å². The molecule has 0 heterocycles. The minimum atomic E-state index is 0.646. The van der Waals surface area contributed by atoms with Gasteiger partial charge in [0.1, 0.15) is 0 Å². The van der Waals surface area contributed by atoms with Gasteiger partial charge in [-0.25, -0.2) is 9.78 Å². The lowest BCUT2D eigenvalue weighted by molar-refractivity contribution is -0.294. The van der Waals surface area contributed by atoms with Gasteiger partial charge >= 0.3 is 0 Å². The number of nitrogens with zero attached hydrogens (tertiary/aromatic N) is 1. The first-order valence-electron chi connectivity index (χ1n) is 3.66. The standard InChI is InChI=1S/C7H17NO2/c1-4-6-9-10-7-5-8(2)3/h4-7H2,1-3H3. The van der Waals surface area contributed by atoms with Crippen LogP contribution in [0.25, 0.3) is 0 Å². The van der Waals surface area contributed by atoms with Crippen LogP contribution in [0.5, 0.6) is 0 Å². The SMILES string of the molecule is CCCOOCCN(C)C. The molecular weight excluding hydrogens is 130 g/mol. The molecular formula is C7H17NO2. The van der Waals surface area contributed by atoms with Crippen molar-refractivity contribution in [2.45, 2.75) is 13.3 Å². The highest BCUT2D eigenvalue weighted by molar-refractivity contribution is 4.36. The fraction of sp³-hybridized carbons (Fsp3) is 1.00. The Hall–Kier alpha value is -0.120. The molecule has 0 saturated heterocycles. The molecule has 0 bridgehead atoms. The predicted molar refractivity (Wildman–Crippen MR) is 40.7 cm³/mol. The van der Waals surface area contributed by atoms with Crippen molar-refractivity contribution in [3.8, 4) is 0 Å². The van der Waals surface area contributed by atoms with Crippen molar-refractivity contribution >= 4 is 0 Å². The number of likely N-dealkylation sites (N-methyl/N-ethyl adjacent to an activating group) is 1. The van der Waals surface area contributed by atoms with Gasteiger partial charge in [-0.3, -0.25) is 0 Å². The zero-order valence-corrected chi connectivity index (χ0v) is 7.09. The smallest absolute Gasteiger partial charge is 0.0949 e. The van der Waals surface area contributed by atoms with E-state index in [1.807, 2.05) is 14.1 Å². The fourth-order valence-corrected chi connectivity index (χ4v) is 0.421. The Morgan fingerprint density at radius 1 is 1.10 bits per heavy atom. The maximum atomic E-state index is 4.84. The molecule has 0 saturated carbocycles.